The number of hydrogen-bond acceptors (Lipinski definition) is 5. The van der Waals surface area contributed by atoms with E-state index in [1.165, 1.54) is 0 Å². The van der Waals surface area contributed by atoms with Crippen molar-refractivity contribution in [1.82, 2.24) is 9.88 Å². The number of anilines is 1. The Hall–Kier alpha value is -1.64. The summed E-state index contributed by atoms with van der Waals surface area (Å²) in [5, 5.41) is 9.06. The third-order valence-electron chi connectivity index (χ3n) is 3.83. The maximum absolute atomic E-state index is 9.06. The van der Waals surface area contributed by atoms with E-state index >= 15 is 0 Å². The van der Waals surface area contributed by atoms with Gasteiger partial charge in [0.05, 0.1) is 12.2 Å². The van der Waals surface area contributed by atoms with Crippen LogP contribution in [0.5, 0.6) is 0 Å². The van der Waals surface area contributed by atoms with Crippen LogP contribution in [-0.2, 0) is 4.74 Å². The molecule has 0 amide bonds. The van der Waals surface area contributed by atoms with Crippen LogP contribution in [0.1, 0.15) is 25.1 Å². The molecule has 0 bridgehead atoms. The molecule has 21 heavy (non-hydrogen) atoms. The summed E-state index contributed by atoms with van der Waals surface area (Å²) in [6.07, 6.45) is 0.587. The normalized spacial score (nSPS) is 22.8. The minimum Gasteiger partial charge on any atom is -0.373 e. The number of pyridine rings is 1. The summed E-state index contributed by atoms with van der Waals surface area (Å²) >= 11 is 0. The maximum Gasteiger partial charge on any atom is 0.145 e. The van der Waals surface area contributed by atoms with Gasteiger partial charge in [0.1, 0.15) is 17.6 Å². The molecule has 1 aliphatic rings. The summed E-state index contributed by atoms with van der Waals surface area (Å²) in [7, 11) is 2.02. The van der Waals surface area contributed by atoms with Crippen molar-refractivity contribution in [3.8, 4) is 6.07 Å². The highest BCUT2D eigenvalue weighted by Gasteiger charge is 2.22. The van der Waals surface area contributed by atoms with Crippen LogP contribution in [0.25, 0.3) is 0 Å². The molecule has 0 saturated carbocycles. The van der Waals surface area contributed by atoms with Crippen LogP contribution in [0.4, 0.5) is 5.82 Å². The Labute approximate surface area is 127 Å². The smallest absolute Gasteiger partial charge is 0.145 e. The van der Waals surface area contributed by atoms with Gasteiger partial charge in [-0.3, -0.25) is 4.90 Å². The van der Waals surface area contributed by atoms with Gasteiger partial charge < -0.3 is 9.64 Å². The van der Waals surface area contributed by atoms with Crippen LogP contribution in [0, 0.1) is 18.3 Å². The fourth-order valence-corrected chi connectivity index (χ4v) is 2.72. The lowest BCUT2D eigenvalue weighted by atomic mass is 10.2. The lowest BCUT2D eigenvalue weighted by Gasteiger charge is -2.36. The number of likely N-dealkylation sites (N-methyl/N-ethyl adjacent to an activating group) is 1. The molecule has 1 saturated heterocycles. The molecular formula is C16H24N4O. The van der Waals surface area contributed by atoms with Crippen molar-refractivity contribution in [3.63, 3.8) is 0 Å². The zero-order valence-electron chi connectivity index (χ0n) is 13.3. The van der Waals surface area contributed by atoms with E-state index in [9.17, 15) is 0 Å². The summed E-state index contributed by atoms with van der Waals surface area (Å²) in [5.74, 6) is 0.853. The lowest BCUT2D eigenvalue weighted by Crippen LogP contribution is -2.47. The monoisotopic (exact) mass is 288 g/mol. The largest absolute Gasteiger partial charge is 0.373 e. The van der Waals surface area contributed by atoms with E-state index in [-0.39, 0.29) is 0 Å². The van der Waals surface area contributed by atoms with Gasteiger partial charge in [0.25, 0.3) is 0 Å². The Bertz CT molecular complexity index is 515. The third kappa shape index (κ3) is 4.16. The summed E-state index contributed by atoms with van der Waals surface area (Å²) in [6, 6.07) is 6.07. The van der Waals surface area contributed by atoms with Gasteiger partial charge in [0.2, 0.25) is 0 Å². The zero-order valence-corrected chi connectivity index (χ0v) is 13.3. The first-order valence-electron chi connectivity index (χ1n) is 7.46. The minimum atomic E-state index is 0.293. The lowest BCUT2D eigenvalue weighted by molar-refractivity contribution is -0.0670. The molecule has 1 aromatic rings. The number of hydrogen-bond donors (Lipinski definition) is 0. The Morgan fingerprint density at radius 3 is 2.67 bits per heavy atom. The number of ether oxygens (including phenoxy) is 1. The molecule has 0 spiro atoms. The average molecular weight is 288 g/mol. The van der Waals surface area contributed by atoms with Crippen LogP contribution in [0.2, 0.25) is 0 Å². The number of rotatable bonds is 4. The fourth-order valence-electron chi connectivity index (χ4n) is 2.72. The Balaban J connectivity index is 1.92. The second kappa shape index (κ2) is 6.88. The van der Waals surface area contributed by atoms with E-state index in [1.54, 1.807) is 0 Å². The predicted octanol–water partition coefficient (Wildman–Crippen LogP) is 1.81. The maximum atomic E-state index is 9.06. The van der Waals surface area contributed by atoms with E-state index in [2.05, 4.69) is 34.7 Å². The predicted molar refractivity (Wildman–Crippen MR) is 83.4 cm³/mol. The molecule has 1 fully saturated rings. The number of morpholine rings is 1. The highest BCUT2D eigenvalue weighted by molar-refractivity contribution is 5.44. The van der Waals surface area contributed by atoms with E-state index in [0.29, 0.717) is 17.9 Å². The SMILES string of the molecule is Cc1ccc(N(C)CCN2C[C@@H](C)O[C@@H](C)C2)nc1C#N. The molecule has 0 radical (unpaired) electrons. The molecule has 2 atom stereocenters. The molecule has 2 heterocycles. The van der Waals surface area contributed by atoms with Crippen LogP contribution >= 0.6 is 0 Å². The average Bonchev–Trinajstić information content (AvgIpc) is 2.44. The Kier molecular flexibility index (Phi) is 5.16. The molecule has 0 aliphatic carbocycles. The van der Waals surface area contributed by atoms with Crippen LogP contribution < -0.4 is 4.90 Å². The summed E-state index contributed by atoms with van der Waals surface area (Å²) < 4.78 is 5.75. The first-order valence-corrected chi connectivity index (χ1v) is 7.46. The number of nitriles is 1. The van der Waals surface area contributed by atoms with Crippen LogP contribution in [0.3, 0.4) is 0 Å². The van der Waals surface area contributed by atoms with Gasteiger partial charge in [-0.1, -0.05) is 6.07 Å². The first-order chi connectivity index (χ1) is 9.99. The van der Waals surface area contributed by atoms with E-state index in [4.69, 9.17) is 10.00 Å². The van der Waals surface area contributed by atoms with Crippen molar-refractivity contribution >= 4 is 5.82 Å². The quantitative estimate of drug-likeness (QED) is 0.845. The zero-order chi connectivity index (χ0) is 15.4. The molecule has 1 aromatic heterocycles. The summed E-state index contributed by atoms with van der Waals surface area (Å²) in [6.45, 7) is 9.96. The molecule has 0 aromatic carbocycles. The molecule has 2 rings (SSSR count). The van der Waals surface area contributed by atoms with Gasteiger partial charge in [-0.25, -0.2) is 4.98 Å². The third-order valence-corrected chi connectivity index (χ3v) is 3.83. The van der Waals surface area contributed by atoms with Crippen molar-refractivity contribution in [2.75, 3.05) is 38.1 Å². The molecule has 5 heteroatoms. The summed E-state index contributed by atoms with van der Waals surface area (Å²) in [5.41, 5.74) is 1.43. The molecule has 0 N–H and O–H groups in total. The Morgan fingerprint density at radius 1 is 1.38 bits per heavy atom. The van der Waals surface area contributed by atoms with Gasteiger partial charge >= 0.3 is 0 Å². The highest BCUT2D eigenvalue weighted by atomic mass is 16.5. The van der Waals surface area contributed by atoms with E-state index < -0.39 is 0 Å². The summed E-state index contributed by atoms with van der Waals surface area (Å²) in [4.78, 5) is 8.93. The van der Waals surface area contributed by atoms with Crippen molar-refractivity contribution < 1.29 is 4.74 Å². The molecule has 114 valence electrons. The van der Waals surface area contributed by atoms with Gasteiger partial charge in [0, 0.05) is 33.2 Å². The number of aryl methyl sites for hydroxylation is 1. The fraction of sp³-hybridized carbons (Fsp3) is 0.625. The van der Waals surface area contributed by atoms with Crippen molar-refractivity contribution in [3.05, 3.63) is 23.4 Å². The molecular weight excluding hydrogens is 264 g/mol. The standard InChI is InChI=1S/C16H24N4O/c1-12-5-6-16(18-15(12)9-17)19(4)7-8-20-10-13(2)21-14(3)11-20/h5-6,13-14H,7-8,10-11H2,1-4H3/t13-,14+. The first kappa shape index (κ1) is 15.7. The van der Waals surface area contributed by atoms with Gasteiger partial charge in [-0.15, -0.1) is 0 Å². The highest BCUT2D eigenvalue weighted by Crippen LogP contribution is 2.14. The topological polar surface area (TPSA) is 52.4 Å². The van der Waals surface area contributed by atoms with Gasteiger partial charge in [-0.2, -0.15) is 5.26 Å². The second-order valence-corrected chi connectivity index (χ2v) is 5.89. The molecule has 5 nitrogen and oxygen atoms in total. The van der Waals surface area contributed by atoms with Gasteiger partial charge in [0.15, 0.2) is 0 Å². The van der Waals surface area contributed by atoms with Crippen LogP contribution in [-0.4, -0.2) is 55.3 Å². The van der Waals surface area contributed by atoms with Crippen molar-refractivity contribution in [2.45, 2.75) is 33.0 Å². The minimum absolute atomic E-state index is 0.293. The van der Waals surface area contributed by atoms with Crippen molar-refractivity contribution in [1.29, 1.82) is 5.26 Å². The number of aromatic nitrogens is 1. The number of nitrogens with zero attached hydrogens (tertiary/aromatic N) is 4. The second-order valence-electron chi connectivity index (χ2n) is 5.89. The molecule has 0 unspecified atom stereocenters. The Morgan fingerprint density at radius 2 is 2.05 bits per heavy atom. The van der Waals surface area contributed by atoms with Crippen molar-refractivity contribution in [2.24, 2.45) is 0 Å². The van der Waals surface area contributed by atoms with Gasteiger partial charge in [-0.05, 0) is 32.4 Å². The van der Waals surface area contributed by atoms with E-state index in [1.807, 2.05) is 26.1 Å². The van der Waals surface area contributed by atoms with E-state index in [0.717, 1.165) is 37.6 Å². The molecule has 1 aliphatic heterocycles. The van der Waals surface area contributed by atoms with Crippen LogP contribution in [0.15, 0.2) is 12.1 Å².